The molecule has 0 amide bonds. The summed E-state index contributed by atoms with van der Waals surface area (Å²) in [6.07, 6.45) is 1.38. The summed E-state index contributed by atoms with van der Waals surface area (Å²) < 4.78 is 5.53. The van der Waals surface area contributed by atoms with Gasteiger partial charge in [0.1, 0.15) is 0 Å². The van der Waals surface area contributed by atoms with Crippen LogP contribution in [-0.4, -0.2) is 12.7 Å². The van der Waals surface area contributed by atoms with Crippen LogP contribution < -0.4 is 5.73 Å². The van der Waals surface area contributed by atoms with Crippen LogP contribution in [0.4, 0.5) is 0 Å². The topological polar surface area (TPSA) is 35.2 Å². The summed E-state index contributed by atoms with van der Waals surface area (Å²) in [5.41, 5.74) is 7.43. The van der Waals surface area contributed by atoms with E-state index < -0.39 is 0 Å². The molecule has 3 unspecified atom stereocenters. The summed E-state index contributed by atoms with van der Waals surface area (Å²) in [5, 5.41) is 0. The Morgan fingerprint density at radius 1 is 1.36 bits per heavy atom. The van der Waals surface area contributed by atoms with E-state index in [9.17, 15) is 0 Å². The van der Waals surface area contributed by atoms with Gasteiger partial charge in [-0.1, -0.05) is 30.3 Å². The lowest BCUT2D eigenvalue weighted by Gasteiger charge is -2.22. The molecule has 76 valence electrons. The molecule has 0 aliphatic carbocycles. The van der Waals surface area contributed by atoms with E-state index in [0.29, 0.717) is 12.0 Å². The lowest BCUT2D eigenvalue weighted by Crippen LogP contribution is -2.26. The fourth-order valence-electron chi connectivity index (χ4n) is 2.14. The van der Waals surface area contributed by atoms with E-state index in [2.05, 4.69) is 19.1 Å². The Labute approximate surface area is 85.1 Å². The summed E-state index contributed by atoms with van der Waals surface area (Å²) in [7, 11) is 0. The van der Waals surface area contributed by atoms with Crippen molar-refractivity contribution in [3.63, 3.8) is 0 Å². The van der Waals surface area contributed by atoms with Crippen molar-refractivity contribution in [1.29, 1.82) is 0 Å². The average molecular weight is 191 g/mol. The van der Waals surface area contributed by atoms with E-state index in [0.717, 1.165) is 13.0 Å². The van der Waals surface area contributed by atoms with E-state index in [1.54, 1.807) is 0 Å². The van der Waals surface area contributed by atoms with Crippen molar-refractivity contribution in [2.75, 3.05) is 6.61 Å². The molecule has 0 spiro atoms. The van der Waals surface area contributed by atoms with Crippen LogP contribution in [0.2, 0.25) is 0 Å². The van der Waals surface area contributed by atoms with Crippen LogP contribution in [0.1, 0.15) is 24.9 Å². The highest BCUT2D eigenvalue weighted by Crippen LogP contribution is 2.31. The number of benzene rings is 1. The first-order valence-corrected chi connectivity index (χ1v) is 5.21. The molecule has 1 aliphatic heterocycles. The fourth-order valence-corrected chi connectivity index (χ4v) is 2.14. The first kappa shape index (κ1) is 9.69. The third-order valence-electron chi connectivity index (χ3n) is 3.08. The largest absolute Gasteiger partial charge is 0.378 e. The zero-order chi connectivity index (χ0) is 9.97. The van der Waals surface area contributed by atoms with E-state index in [1.165, 1.54) is 5.56 Å². The molecule has 2 rings (SSSR count). The van der Waals surface area contributed by atoms with Crippen molar-refractivity contribution in [2.24, 2.45) is 11.7 Å². The molecule has 14 heavy (non-hydrogen) atoms. The highest BCUT2D eigenvalue weighted by molar-refractivity contribution is 5.19. The van der Waals surface area contributed by atoms with Crippen molar-refractivity contribution >= 4 is 0 Å². The predicted octanol–water partition coefficient (Wildman–Crippen LogP) is 2.11. The molecule has 2 heteroatoms. The molecule has 1 aromatic carbocycles. The molecule has 0 radical (unpaired) electrons. The fraction of sp³-hybridized carbons (Fsp3) is 0.500. The van der Waals surface area contributed by atoms with E-state index in [1.807, 2.05) is 18.2 Å². The van der Waals surface area contributed by atoms with Gasteiger partial charge in [0.25, 0.3) is 0 Å². The van der Waals surface area contributed by atoms with Gasteiger partial charge in [-0.15, -0.1) is 0 Å². The molecule has 3 atom stereocenters. The zero-order valence-electron chi connectivity index (χ0n) is 8.52. The Kier molecular flexibility index (Phi) is 2.85. The minimum Gasteiger partial charge on any atom is -0.378 e. The van der Waals surface area contributed by atoms with Gasteiger partial charge >= 0.3 is 0 Å². The molecule has 1 aromatic rings. The van der Waals surface area contributed by atoms with Gasteiger partial charge in [0.15, 0.2) is 0 Å². The van der Waals surface area contributed by atoms with Crippen LogP contribution in [0, 0.1) is 5.92 Å². The van der Waals surface area contributed by atoms with E-state index in [-0.39, 0.29) is 6.04 Å². The number of rotatable bonds is 2. The van der Waals surface area contributed by atoms with Gasteiger partial charge < -0.3 is 10.5 Å². The van der Waals surface area contributed by atoms with Crippen LogP contribution in [0.3, 0.4) is 0 Å². The Balaban J connectivity index is 2.12. The highest BCUT2D eigenvalue weighted by Gasteiger charge is 2.30. The first-order valence-electron chi connectivity index (χ1n) is 5.21. The molecule has 1 fully saturated rings. The molecule has 2 N–H and O–H groups in total. The third kappa shape index (κ3) is 1.81. The standard InChI is InChI=1S/C12H17NO/c1-9-11(7-8-14-9)12(13)10-5-3-2-4-6-10/h2-6,9,11-12H,7-8,13H2,1H3. The minimum atomic E-state index is 0.119. The average Bonchev–Trinajstić information content (AvgIpc) is 2.65. The summed E-state index contributed by atoms with van der Waals surface area (Å²) in [4.78, 5) is 0. The van der Waals surface area contributed by atoms with Gasteiger partial charge in [-0.25, -0.2) is 0 Å². The number of ether oxygens (including phenoxy) is 1. The lowest BCUT2D eigenvalue weighted by atomic mass is 9.89. The van der Waals surface area contributed by atoms with Gasteiger partial charge in [-0.2, -0.15) is 0 Å². The molecule has 0 aromatic heterocycles. The molecule has 1 aliphatic rings. The van der Waals surface area contributed by atoms with Crippen molar-refractivity contribution in [3.05, 3.63) is 35.9 Å². The van der Waals surface area contributed by atoms with Gasteiger partial charge in [0, 0.05) is 18.6 Å². The monoisotopic (exact) mass is 191 g/mol. The summed E-state index contributed by atoms with van der Waals surface area (Å²) in [6, 6.07) is 10.4. The normalized spacial score (nSPS) is 29.0. The van der Waals surface area contributed by atoms with Crippen LogP contribution in [-0.2, 0) is 4.74 Å². The molecular formula is C12H17NO. The number of hydrogen-bond acceptors (Lipinski definition) is 2. The molecule has 1 heterocycles. The maximum absolute atomic E-state index is 6.21. The van der Waals surface area contributed by atoms with Crippen LogP contribution >= 0.6 is 0 Å². The maximum Gasteiger partial charge on any atom is 0.0594 e. The zero-order valence-corrected chi connectivity index (χ0v) is 8.52. The molecular weight excluding hydrogens is 174 g/mol. The lowest BCUT2D eigenvalue weighted by molar-refractivity contribution is 0.0995. The quantitative estimate of drug-likeness (QED) is 0.777. The second-order valence-corrected chi connectivity index (χ2v) is 3.96. The Bertz CT molecular complexity index is 286. The molecule has 1 saturated heterocycles. The van der Waals surface area contributed by atoms with Crippen molar-refractivity contribution < 1.29 is 4.74 Å². The molecule has 2 nitrogen and oxygen atoms in total. The number of hydrogen-bond donors (Lipinski definition) is 1. The second kappa shape index (κ2) is 4.11. The SMILES string of the molecule is CC1OCCC1C(N)c1ccccc1. The van der Waals surface area contributed by atoms with Gasteiger partial charge in [0.2, 0.25) is 0 Å². The maximum atomic E-state index is 6.21. The predicted molar refractivity (Wildman–Crippen MR) is 56.9 cm³/mol. The van der Waals surface area contributed by atoms with E-state index >= 15 is 0 Å². The summed E-state index contributed by atoms with van der Waals surface area (Å²) >= 11 is 0. The molecule has 0 saturated carbocycles. The summed E-state index contributed by atoms with van der Waals surface area (Å²) in [5.74, 6) is 0.470. The van der Waals surface area contributed by atoms with Crippen LogP contribution in [0.5, 0.6) is 0 Å². The van der Waals surface area contributed by atoms with E-state index in [4.69, 9.17) is 10.5 Å². The van der Waals surface area contributed by atoms with Crippen molar-refractivity contribution in [2.45, 2.75) is 25.5 Å². The summed E-state index contributed by atoms with van der Waals surface area (Å²) in [6.45, 7) is 2.97. The number of nitrogens with two attached hydrogens (primary N) is 1. The Morgan fingerprint density at radius 2 is 2.07 bits per heavy atom. The molecule has 0 bridgehead atoms. The Hall–Kier alpha value is -0.860. The van der Waals surface area contributed by atoms with Crippen molar-refractivity contribution in [3.8, 4) is 0 Å². The first-order chi connectivity index (χ1) is 6.79. The van der Waals surface area contributed by atoms with Crippen molar-refractivity contribution in [1.82, 2.24) is 0 Å². The highest BCUT2D eigenvalue weighted by atomic mass is 16.5. The smallest absolute Gasteiger partial charge is 0.0594 e. The minimum absolute atomic E-state index is 0.119. The second-order valence-electron chi connectivity index (χ2n) is 3.96. The van der Waals surface area contributed by atoms with Crippen LogP contribution in [0.15, 0.2) is 30.3 Å². The van der Waals surface area contributed by atoms with Gasteiger partial charge in [-0.05, 0) is 18.9 Å². The Morgan fingerprint density at radius 3 is 2.64 bits per heavy atom. The third-order valence-corrected chi connectivity index (χ3v) is 3.08. The van der Waals surface area contributed by atoms with Gasteiger partial charge in [0.05, 0.1) is 6.10 Å². The van der Waals surface area contributed by atoms with Gasteiger partial charge in [-0.3, -0.25) is 0 Å². The van der Waals surface area contributed by atoms with Crippen LogP contribution in [0.25, 0.3) is 0 Å².